The third kappa shape index (κ3) is 2.10. The van der Waals surface area contributed by atoms with Gasteiger partial charge in [0.25, 0.3) is 0 Å². The molecule has 0 aromatic rings. The van der Waals surface area contributed by atoms with E-state index in [1.165, 1.54) is 4.57 Å². The fraction of sp³-hybridized carbons (Fsp3) is 0.500. The minimum atomic E-state index is -0.405. The number of carbonyl (C=O) groups excluding carboxylic acids is 1. The Morgan fingerprint density at radius 3 is 2.95 bits per heavy atom. The van der Waals surface area contributed by atoms with E-state index in [-0.39, 0.29) is 0 Å². The number of morpholine rings is 1. The highest BCUT2D eigenvalue weighted by Crippen LogP contribution is 2.33. The predicted molar refractivity (Wildman–Crippen MR) is 70.7 cm³/mol. The summed E-state index contributed by atoms with van der Waals surface area (Å²) in [5.41, 5.74) is 0.653. The van der Waals surface area contributed by atoms with Crippen LogP contribution in [0.4, 0.5) is 10.6 Å². The Hall–Kier alpha value is -2.26. The van der Waals surface area contributed by atoms with Crippen molar-refractivity contribution < 1.29 is 9.53 Å². The van der Waals surface area contributed by atoms with Crippen LogP contribution in [-0.4, -0.2) is 63.5 Å². The lowest BCUT2D eigenvalue weighted by Gasteiger charge is -2.26. The summed E-state index contributed by atoms with van der Waals surface area (Å²) in [4.78, 5) is 18.6. The van der Waals surface area contributed by atoms with Crippen molar-refractivity contribution in [3.63, 3.8) is 0 Å². The molecule has 0 unspecified atom stereocenters. The molecule has 21 heavy (non-hydrogen) atoms. The first kappa shape index (κ1) is 12.5. The van der Waals surface area contributed by atoms with Crippen molar-refractivity contribution in [2.24, 2.45) is 10.2 Å². The third-order valence-electron chi connectivity index (χ3n) is 3.70. The van der Waals surface area contributed by atoms with Crippen LogP contribution in [-0.2, 0) is 11.2 Å². The van der Waals surface area contributed by atoms with Gasteiger partial charge >= 0.3 is 6.03 Å². The van der Waals surface area contributed by atoms with Gasteiger partial charge in [-0.05, 0) is 0 Å². The van der Waals surface area contributed by atoms with Crippen LogP contribution in [0, 0.1) is 0 Å². The molecular weight excluding hydrogens is 274 g/mol. The lowest BCUT2D eigenvalue weighted by molar-refractivity contribution is 0.0381. The molecule has 0 aromatic carbocycles. The lowest BCUT2D eigenvalue weighted by atomic mass is 10.2. The van der Waals surface area contributed by atoms with Crippen LogP contribution in [0.3, 0.4) is 0 Å². The molecule has 0 bridgehead atoms. The van der Waals surface area contributed by atoms with E-state index in [1.54, 1.807) is 6.20 Å². The molecule has 4 aliphatic heterocycles. The number of ether oxygens (including phenoxy) is 1. The second-order valence-corrected chi connectivity index (χ2v) is 4.96. The molecule has 108 valence electrons. The molecule has 0 aromatic heterocycles. The number of hydrogen-bond donors (Lipinski definition) is 0. The van der Waals surface area contributed by atoms with E-state index in [4.69, 9.17) is 4.74 Å². The van der Waals surface area contributed by atoms with Gasteiger partial charge < -0.3 is 4.74 Å². The fourth-order valence-corrected chi connectivity index (χ4v) is 2.59. The van der Waals surface area contributed by atoms with Gasteiger partial charge in [0.2, 0.25) is 0 Å². The summed E-state index contributed by atoms with van der Waals surface area (Å²) in [7, 11) is 0. The Kier molecular flexibility index (Phi) is 2.93. The van der Waals surface area contributed by atoms with Crippen LogP contribution in [0.15, 0.2) is 16.4 Å². The zero-order valence-corrected chi connectivity index (χ0v) is 11.3. The maximum atomic E-state index is 11.9. The molecule has 0 N–H and O–H groups in total. The van der Waals surface area contributed by atoms with Gasteiger partial charge in [0.1, 0.15) is 5.82 Å². The van der Waals surface area contributed by atoms with Crippen molar-refractivity contribution in [1.29, 1.82) is 0 Å². The number of hydrogen-bond acceptors (Lipinski definition) is 7. The molecular formula is C12H13N7O2. The van der Waals surface area contributed by atoms with E-state index >= 15 is 0 Å². The minimum absolute atomic E-state index is 0.405. The summed E-state index contributed by atoms with van der Waals surface area (Å²) < 4.78 is 6.78. The molecule has 0 aliphatic carbocycles. The molecule has 0 spiro atoms. The number of fused-ring (bicyclic) bond motifs is 3. The van der Waals surface area contributed by atoms with Gasteiger partial charge in [0.05, 0.1) is 25.0 Å². The minimum Gasteiger partial charge on any atom is -0.379 e. The van der Waals surface area contributed by atoms with Crippen LogP contribution in [0.1, 0.15) is 5.82 Å². The summed E-state index contributed by atoms with van der Waals surface area (Å²) in [6, 6.07) is -0.405. The SMILES string of the molecule is O=C1N=Nc2c3cnnc-3nc(CCN3CCOCC3)n21. The lowest BCUT2D eigenvalue weighted by Crippen LogP contribution is -2.38. The first-order chi connectivity index (χ1) is 10.3. The van der Waals surface area contributed by atoms with Gasteiger partial charge in [-0.25, -0.2) is 14.3 Å². The number of aromatic nitrogens is 4. The maximum absolute atomic E-state index is 11.9. The van der Waals surface area contributed by atoms with Gasteiger partial charge in [-0.2, -0.15) is 5.10 Å². The van der Waals surface area contributed by atoms with E-state index in [0.717, 1.165) is 32.8 Å². The summed E-state index contributed by atoms with van der Waals surface area (Å²) in [6.07, 6.45) is 2.18. The zero-order chi connectivity index (χ0) is 14.2. The monoisotopic (exact) mass is 287 g/mol. The van der Waals surface area contributed by atoms with Gasteiger partial charge in [-0.1, -0.05) is 5.11 Å². The van der Waals surface area contributed by atoms with Gasteiger partial charge in [0, 0.05) is 26.1 Å². The predicted octanol–water partition coefficient (Wildman–Crippen LogP) is 0.718. The Balaban J connectivity index is 1.64. The summed E-state index contributed by atoms with van der Waals surface area (Å²) in [6.45, 7) is 4.09. The van der Waals surface area contributed by atoms with E-state index in [9.17, 15) is 4.79 Å². The first-order valence-corrected chi connectivity index (χ1v) is 6.82. The van der Waals surface area contributed by atoms with Crippen molar-refractivity contribution in [2.45, 2.75) is 6.42 Å². The second-order valence-electron chi connectivity index (χ2n) is 4.96. The summed E-state index contributed by atoms with van der Waals surface area (Å²) >= 11 is 0. The van der Waals surface area contributed by atoms with Crippen molar-refractivity contribution in [3.8, 4) is 11.4 Å². The standard InChI is InChI=1S/C12H13N7O2/c20-12-17-16-11-8-7-13-15-10(8)14-9(19(11)12)1-2-18-3-5-21-6-4-18/h7H,1-6H2. The molecule has 0 radical (unpaired) electrons. The number of azo groups is 1. The molecule has 1 saturated heterocycles. The summed E-state index contributed by atoms with van der Waals surface area (Å²) in [5.74, 6) is 1.61. The van der Waals surface area contributed by atoms with E-state index in [2.05, 4.69) is 30.3 Å². The second kappa shape index (κ2) is 4.93. The van der Waals surface area contributed by atoms with Crippen LogP contribution >= 0.6 is 0 Å². The topological polar surface area (TPSA) is 97.9 Å². The number of amides is 1. The smallest absolute Gasteiger partial charge is 0.373 e. The fourth-order valence-electron chi connectivity index (χ4n) is 2.59. The molecule has 4 aliphatic rings. The molecule has 4 heterocycles. The molecule has 4 rings (SSSR count). The molecule has 9 nitrogen and oxygen atoms in total. The third-order valence-corrected chi connectivity index (χ3v) is 3.70. The first-order valence-electron chi connectivity index (χ1n) is 6.82. The highest BCUT2D eigenvalue weighted by atomic mass is 16.5. The zero-order valence-electron chi connectivity index (χ0n) is 11.3. The molecule has 0 saturated carbocycles. The van der Waals surface area contributed by atoms with Gasteiger partial charge in [-0.15, -0.1) is 10.2 Å². The van der Waals surface area contributed by atoms with Crippen molar-refractivity contribution >= 4 is 11.8 Å². The molecule has 9 heteroatoms. The van der Waals surface area contributed by atoms with Crippen LogP contribution in [0.5, 0.6) is 0 Å². The molecule has 0 atom stereocenters. The highest BCUT2D eigenvalue weighted by Gasteiger charge is 2.27. The normalized spacial score (nSPS) is 18.6. The maximum Gasteiger partial charge on any atom is 0.373 e. The summed E-state index contributed by atoms with van der Waals surface area (Å²) in [5, 5.41) is 15.3. The quantitative estimate of drug-likeness (QED) is 0.825. The Morgan fingerprint density at radius 2 is 2.10 bits per heavy atom. The number of carbonyl (C=O) groups is 1. The Labute approximate surface area is 120 Å². The average molecular weight is 287 g/mol. The van der Waals surface area contributed by atoms with E-state index < -0.39 is 6.03 Å². The largest absolute Gasteiger partial charge is 0.379 e. The van der Waals surface area contributed by atoms with Gasteiger partial charge in [0.15, 0.2) is 11.6 Å². The van der Waals surface area contributed by atoms with Gasteiger partial charge in [-0.3, -0.25) is 4.90 Å². The van der Waals surface area contributed by atoms with Crippen LogP contribution in [0.2, 0.25) is 0 Å². The Bertz CT molecular complexity index is 689. The van der Waals surface area contributed by atoms with Crippen molar-refractivity contribution in [2.75, 3.05) is 32.8 Å². The Morgan fingerprint density at radius 1 is 1.24 bits per heavy atom. The number of nitrogens with zero attached hydrogens (tertiary/aromatic N) is 7. The highest BCUT2D eigenvalue weighted by molar-refractivity contribution is 5.88. The van der Waals surface area contributed by atoms with Crippen molar-refractivity contribution in [3.05, 3.63) is 12.0 Å². The van der Waals surface area contributed by atoms with Crippen molar-refractivity contribution in [1.82, 2.24) is 24.6 Å². The average Bonchev–Trinajstić information content (AvgIpc) is 3.12. The number of rotatable bonds is 3. The van der Waals surface area contributed by atoms with Crippen LogP contribution in [0.25, 0.3) is 11.4 Å². The van der Waals surface area contributed by atoms with E-state index in [1.807, 2.05) is 0 Å². The molecule has 1 fully saturated rings. The molecule has 1 amide bonds. The van der Waals surface area contributed by atoms with E-state index in [0.29, 0.717) is 29.5 Å². The van der Waals surface area contributed by atoms with Crippen LogP contribution < -0.4 is 0 Å².